The van der Waals surface area contributed by atoms with E-state index in [0.717, 1.165) is 16.3 Å². The fourth-order valence-electron chi connectivity index (χ4n) is 5.49. The van der Waals surface area contributed by atoms with Gasteiger partial charge in [-0.25, -0.2) is 4.39 Å². The molecule has 102 valence electrons. The number of hydrogen-bond acceptors (Lipinski definition) is 1. The fourth-order valence-corrected chi connectivity index (χ4v) is 5.86. The molecule has 0 radical (unpaired) electrons. The molecule has 6 rings (SSSR count). The molecule has 1 nitrogen and oxygen atoms in total. The third-order valence-electron chi connectivity index (χ3n) is 6.01. The maximum absolute atomic E-state index is 12.1. The van der Waals surface area contributed by atoms with Gasteiger partial charge in [0.1, 0.15) is 5.82 Å². The highest BCUT2D eigenvalue weighted by molar-refractivity contribution is 9.10. The summed E-state index contributed by atoms with van der Waals surface area (Å²) in [6, 6.07) is 6.26. The van der Waals surface area contributed by atoms with Crippen LogP contribution in [0.1, 0.15) is 32.1 Å². The summed E-state index contributed by atoms with van der Waals surface area (Å²) in [6.45, 7) is 0. The third-order valence-corrected chi connectivity index (χ3v) is 6.50. The van der Waals surface area contributed by atoms with Crippen molar-refractivity contribution in [2.24, 2.45) is 22.7 Å². The molecule has 5 saturated carbocycles. The van der Waals surface area contributed by atoms with Crippen molar-refractivity contribution in [2.45, 2.75) is 38.2 Å². The van der Waals surface area contributed by atoms with Crippen LogP contribution in [-0.4, -0.2) is 11.2 Å². The van der Waals surface area contributed by atoms with Gasteiger partial charge in [-0.1, -0.05) is 22.0 Å². The molecular formula is C16H18BrFO. The van der Waals surface area contributed by atoms with Crippen LogP contribution in [0.5, 0.6) is 0 Å². The quantitative estimate of drug-likeness (QED) is 0.760. The smallest absolute Gasteiger partial charge is 0.124 e. The van der Waals surface area contributed by atoms with Crippen molar-refractivity contribution in [3.63, 3.8) is 0 Å². The maximum atomic E-state index is 12.1. The number of rotatable bonds is 0. The van der Waals surface area contributed by atoms with E-state index in [0.29, 0.717) is 10.8 Å². The van der Waals surface area contributed by atoms with Crippen molar-refractivity contribution in [1.29, 1.82) is 0 Å². The van der Waals surface area contributed by atoms with E-state index in [-0.39, 0.29) is 11.9 Å². The lowest BCUT2D eigenvalue weighted by molar-refractivity contribution is 0.0143. The van der Waals surface area contributed by atoms with Crippen molar-refractivity contribution in [2.75, 3.05) is 0 Å². The summed E-state index contributed by atoms with van der Waals surface area (Å²) in [6.07, 6.45) is 7.08. The van der Waals surface area contributed by atoms with Crippen LogP contribution >= 0.6 is 15.9 Å². The van der Waals surface area contributed by atoms with Gasteiger partial charge in [-0.15, -0.1) is 0 Å². The van der Waals surface area contributed by atoms with Gasteiger partial charge < -0.3 is 5.11 Å². The van der Waals surface area contributed by atoms with Crippen LogP contribution in [0.3, 0.4) is 0 Å². The molecule has 5 fully saturated rings. The van der Waals surface area contributed by atoms with E-state index in [1.165, 1.54) is 44.2 Å². The fraction of sp³-hybridized carbons (Fsp3) is 0.625. The summed E-state index contributed by atoms with van der Waals surface area (Å²) in [5.74, 6) is 1.53. The van der Waals surface area contributed by atoms with Crippen molar-refractivity contribution >= 4 is 15.9 Å². The highest BCUT2D eigenvalue weighted by Gasteiger charge is 2.81. The van der Waals surface area contributed by atoms with Gasteiger partial charge in [0, 0.05) is 9.89 Å². The van der Waals surface area contributed by atoms with Crippen LogP contribution in [-0.2, 0) is 0 Å². The Morgan fingerprint density at radius 1 is 1.26 bits per heavy atom. The van der Waals surface area contributed by atoms with E-state index in [4.69, 9.17) is 0 Å². The number of aliphatic hydroxyl groups excluding tert-OH is 1. The second-order valence-electron chi connectivity index (χ2n) is 6.97. The normalized spacial score (nSPS) is 47.6. The molecule has 0 aromatic heterocycles. The number of hydrogen-bond donors (Lipinski definition) is 1. The molecule has 1 aromatic carbocycles. The molecule has 4 bridgehead atoms. The molecular weight excluding hydrogens is 307 g/mol. The van der Waals surface area contributed by atoms with Crippen LogP contribution < -0.4 is 0 Å². The predicted molar refractivity (Wildman–Crippen MR) is 75.0 cm³/mol. The predicted octanol–water partition coefficient (Wildman–Crippen LogP) is 4.15. The highest BCUT2D eigenvalue weighted by atomic mass is 79.9. The minimum absolute atomic E-state index is 0.112. The lowest BCUT2D eigenvalue weighted by atomic mass is 9.72. The Morgan fingerprint density at radius 3 is 2.68 bits per heavy atom. The number of aliphatic hydroxyl groups is 1. The summed E-state index contributed by atoms with van der Waals surface area (Å²) in [7, 11) is 0. The molecule has 0 saturated heterocycles. The highest BCUT2D eigenvalue weighted by Crippen LogP contribution is 2.87. The van der Waals surface area contributed by atoms with Gasteiger partial charge in [-0.2, -0.15) is 0 Å². The first-order valence-electron chi connectivity index (χ1n) is 7.14. The van der Waals surface area contributed by atoms with Gasteiger partial charge in [-0.3, -0.25) is 0 Å². The second kappa shape index (κ2) is 3.82. The van der Waals surface area contributed by atoms with Crippen molar-refractivity contribution < 1.29 is 9.50 Å². The standard InChI is InChI=1S/C10H14O.C6H4BrF/c11-8-7-1-6-2-9(4-7)5-10(8,9)3-6;7-5-2-1-3-6(8)4-5/h6-8,11H,1-5H2;1-4H. The van der Waals surface area contributed by atoms with Crippen LogP contribution in [0.2, 0.25) is 0 Å². The lowest BCUT2D eigenvalue weighted by Crippen LogP contribution is -2.33. The van der Waals surface area contributed by atoms with E-state index in [1.807, 2.05) is 0 Å². The Balaban J connectivity index is 0.000000109. The summed E-state index contributed by atoms with van der Waals surface area (Å²) in [5, 5.41) is 10.0. The zero-order valence-electron chi connectivity index (χ0n) is 10.8. The van der Waals surface area contributed by atoms with Crippen LogP contribution in [0.4, 0.5) is 4.39 Å². The molecule has 5 atom stereocenters. The number of benzene rings is 1. The first-order chi connectivity index (χ1) is 9.05. The van der Waals surface area contributed by atoms with Crippen LogP contribution in [0, 0.1) is 28.5 Å². The zero-order valence-corrected chi connectivity index (χ0v) is 12.4. The van der Waals surface area contributed by atoms with Gasteiger partial charge >= 0.3 is 0 Å². The molecule has 2 spiro atoms. The average molecular weight is 325 g/mol. The van der Waals surface area contributed by atoms with Crippen molar-refractivity contribution in [3.05, 3.63) is 34.6 Å². The van der Waals surface area contributed by atoms with E-state index in [2.05, 4.69) is 15.9 Å². The Bertz CT molecular complexity index is 516. The summed E-state index contributed by atoms with van der Waals surface area (Å²) < 4.78 is 12.9. The SMILES string of the molecule is Fc1cccc(Br)c1.OC1C2CC3CC4(C2)CC14C3. The summed E-state index contributed by atoms with van der Waals surface area (Å²) in [4.78, 5) is 0. The Kier molecular flexibility index (Phi) is 2.48. The van der Waals surface area contributed by atoms with Gasteiger partial charge in [0.25, 0.3) is 0 Å². The van der Waals surface area contributed by atoms with Gasteiger partial charge in [0.05, 0.1) is 6.10 Å². The second-order valence-corrected chi connectivity index (χ2v) is 7.89. The van der Waals surface area contributed by atoms with Crippen LogP contribution in [0.25, 0.3) is 0 Å². The topological polar surface area (TPSA) is 20.2 Å². The van der Waals surface area contributed by atoms with Crippen LogP contribution in [0.15, 0.2) is 28.7 Å². The Hall–Kier alpha value is -0.410. The van der Waals surface area contributed by atoms with E-state index in [9.17, 15) is 9.50 Å². The third kappa shape index (κ3) is 1.61. The van der Waals surface area contributed by atoms with Gasteiger partial charge in [0.15, 0.2) is 0 Å². The Morgan fingerprint density at radius 2 is 2.11 bits per heavy atom. The monoisotopic (exact) mass is 324 g/mol. The largest absolute Gasteiger partial charge is 0.392 e. The van der Waals surface area contributed by atoms with Gasteiger partial charge in [0.2, 0.25) is 0 Å². The van der Waals surface area contributed by atoms with Gasteiger partial charge in [-0.05, 0) is 67.6 Å². The zero-order chi connectivity index (χ0) is 13.3. The molecule has 0 heterocycles. The molecule has 19 heavy (non-hydrogen) atoms. The molecule has 5 unspecified atom stereocenters. The molecule has 3 heteroatoms. The van der Waals surface area contributed by atoms with E-state index in [1.54, 1.807) is 12.1 Å². The summed E-state index contributed by atoms with van der Waals surface area (Å²) in [5.41, 5.74) is 1.18. The summed E-state index contributed by atoms with van der Waals surface area (Å²) >= 11 is 3.12. The Labute approximate surface area is 121 Å². The average Bonchev–Trinajstić information content (AvgIpc) is 2.81. The molecule has 1 N–H and O–H groups in total. The molecule has 5 aliphatic rings. The molecule has 5 aliphatic carbocycles. The first kappa shape index (κ1) is 12.3. The number of halogens is 2. The minimum atomic E-state index is -0.209. The van der Waals surface area contributed by atoms with E-state index >= 15 is 0 Å². The molecule has 0 aliphatic heterocycles. The van der Waals surface area contributed by atoms with Crippen molar-refractivity contribution in [3.8, 4) is 0 Å². The minimum Gasteiger partial charge on any atom is -0.392 e. The van der Waals surface area contributed by atoms with Crippen molar-refractivity contribution in [1.82, 2.24) is 0 Å². The molecule has 0 amide bonds. The molecule has 1 aromatic rings. The maximum Gasteiger partial charge on any atom is 0.124 e. The first-order valence-corrected chi connectivity index (χ1v) is 7.93. The van der Waals surface area contributed by atoms with E-state index < -0.39 is 0 Å². The lowest BCUT2D eigenvalue weighted by Gasteiger charge is -2.35.